The van der Waals surface area contributed by atoms with Crippen LogP contribution >= 0.6 is 0 Å². The van der Waals surface area contributed by atoms with E-state index in [4.69, 9.17) is 5.26 Å². The zero-order valence-electron chi connectivity index (χ0n) is 8.71. The van der Waals surface area contributed by atoms with Gasteiger partial charge in [0, 0.05) is 12.1 Å². The summed E-state index contributed by atoms with van der Waals surface area (Å²) in [5.41, 5.74) is 0. The Balaban J connectivity index is 2.15. The fraction of sp³-hybridized carbons (Fsp3) is 0.909. The van der Waals surface area contributed by atoms with E-state index in [1.807, 2.05) is 0 Å². The Hall–Kier alpha value is -0.550. The monoisotopic (exact) mass is 180 g/mol. The van der Waals surface area contributed by atoms with Crippen LogP contribution in [-0.2, 0) is 0 Å². The van der Waals surface area contributed by atoms with Crippen molar-refractivity contribution >= 4 is 0 Å². The lowest BCUT2D eigenvalue weighted by Crippen LogP contribution is -2.36. The van der Waals surface area contributed by atoms with Crippen LogP contribution in [0.3, 0.4) is 0 Å². The van der Waals surface area contributed by atoms with Crippen molar-refractivity contribution in [1.82, 2.24) is 5.32 Å². The zero-order chi connectivity index (χ0) is 9.68. The molecule has 74 valence electrons. The minimum Gasteiger partial charge on any atom is -0.310 e. The SMILES string of the molecule is CCC(CC#N)NC(C)CC1CC1. The van der Waals surface area contributed by atoms with Crippen LogP contribution in [-0.4, -0.2) is 12.1 Å². The number of nitrogens with one attached hydrogen (secondary N) is 1. The quantitative estimate of drug-likeness (QED) is 0.681. The molecular formula is C11H20N2. The lowest BCUT2D eigenvalue weighted by Gasteiger charge is -2.19. The van der Waals surface area contributed by atoms with Gasteiger partial charge in [-0.05, 0) is 25.7 Å². The molecule has 13 heavy (non-hydrogen) atoms. The van der Waals surface area contributed by atoms with Gasteiger partial charge in [-0.1, -0.05) is 19.8 Å². The van der Waals surface area contributed by atoms with Gasteiger partial charge in [0.25, 0.3) is 0 Å². The van der Waals surface area contributed by atoms with Crippen LogP contribution < -0.4 is 5.32 Å². The molecule has 1 saturated carbocycles. The molecule has 0 aromatic rings. The van der Waals surface area contributed by atoms with Gasteiger partial charge < -0.3 is 5.32 Å². The molecule has 2 nitrogen and oxygen atoms in total. The molecule has 0 amide bonds. The van der Waals surface area contributed by atoms with Crippen LogP contribution in [0.2, 0.25) is 0 Å². The third-order valence-corrected chi connectivity index (χ3v) is 2.73. The van der Waals surface area contributed by atoms with Crippen LogP contribution in [0.15, 0.2) is 0 Å². The van der Waals surface area contributed by atoms with Gasteiger partial charge >= 0.3 is 0 Å². The number of hydrogen-bond donors (Lipinski definition) is 1. The van der Waals surface area contributed by atoms with Gasteiger partial charge in [-0.2, -0.15) is 5.26 Å². The van der Waals surface area contributed by atoms with Crippen molar-refractivity contribution in [2.24, 2.45) is 5.92 Å². The molecule has 0 saturated heterocycles. The molecule has 1 fully saturated rings. The Bertz CT molecular complexity index is 179. The van der Waals surface area contributed by atoms with E-state index in [0.717, 1.165) is 12.3 Å². The van der Waals surface area contributed by atoms with Crippen LogP contribution in [0, 0.1) is 17.2 Å². The summed E-state index contributed by atoms with van der Waals surface area (Å²) in [6.07, 6.45) is 5.83. The van der Waals surface area contributed by atoms with E-state index in [9.17, 15) is 0 Å². The van der Waals surface area contributed by atoms with Crippen LogP contribution in [0.5, 0.6) is 0 Å². The van der Waals surface area contributed by atoms with Crippen LogP contribution in [0.4, 0.5) is 0 Å². The minimum atomic E-state index is 0.402. The maximum absolute atomic E-state index is 8.58. The van der Waals surface area contributed by atoms with Gasteiger partial charge in [0.05, 0.1) is 12.5 Å². The second-order valence-corrected chi connectivity index (χ2v) is 4.21. The van der Waals surface area contributed by atoms with Gasteiger partial charge in [0.1, 0.15) is 0 Å². The molecule has 0 aliphatic heterocycles. The summed E-state index contributed by atoms with van der Waals surface area (Å²) in [6.45, 7) is 4.37. The molecule has 1 aliphatic carbocycles. The number of nitrogens with zero attached hydrogens (tertiary/aromatic N) is 1. The van der Waals surface area contributed by atoms with Gasteiger partial charge in [0.15, 0.2) is 0 Å². The van der Waals surface area contributed by atoms with E-state index in [-0.39, 0.29) is 0 Å². The summed E-state index contributed by atoms with van der Waals surface area (Å²) in [5, 5.41) is 12.1. The second kappa shape index (κ2) is 5.24. The largest absolute Gasteiger partial charge is 0.310 e. The maximum Gasteiger partial charge on any atom is 0.0638 e. The topological polar surface area (TPSA) is 35.8 Å². The smallest absolute Gasteiger partial charge is 0.0638 e. The second-order valence-electron chi connectivity index (χ2n) is 4.21. The van der Waals surface area contributed by atoms with Crippen molar-refractivity contribution in [2.75, 3.05) is 0 Å². The van der Waals surface area contributed by atoms with E-state index < -0.39 is 0 Å². The highest BCUT2D eigenvalue weighted by Crippen LogP contribution is 2.33. The molecule has 0 aromatic heterocycles. The molecule has 1 N–H and O–H groups in total. The van der Waals surface area contributed by atoms with E-state index in [1.54, 1.807) is 0 Å². The maximum atomic E-state index is 8.58. The highest BCUT2D eigenvalue weighted by molar-refractivity contribution is 4.84. The third kappa shape index (κ3) is 4.28. The average Bonchev–Trinajstić information content (AvgIpc) is 2.87. The summed E-state index contributed by atoms with van der Waals surface area (Å²) in [4.78, 5) is 0. The molecule has 2 atom stereocenters. The first-order valence-electron chi connectivity index (χ1n) is 5.39. The highest BCUT2D eigenvalue weighted by Gasteiger charge is 2.24. The van der Waals surface area contributed by atoms with Gasteiger partial charge in [-0.15, -0.1) is 0 Å². The predicted molar refractivity (Wildman–Crippen MR) is 54.2 cm³/mol. The van der Waals surface area contributed by atoms with E-state index >= 15 is 0 Å². The predicted octanol–water partition coefficient (Wildman–Crippen LogP) is 2.46. The number of rotatable bonds is 6. The van der Waals surface area contributed by atoms with Crippen molar-refractivity contribution in [3.8, 4) is 6.07 Å². The summed E-state index contributed by atoms with van der Waals surface area (Å²) in [5.74, 6) is 0.974. The minimum absolute atomic E-state index is 0.402. The molecule has 1 rings (SSSR count). The molecular weight excluding hydrogens is 160 g/mol. The fourth-order valence-electron chi connectivity index (χ4n) is 1.76. The van der Waals surface area contributed by atoms with Crippen molar-refractivity contribution in [3.63, 3.8) is 0 Å². The Labute approximate surface area is 81.3 Å². The molecule has 0 heterocycles. The Morgan fingerprint density at radius 1 is 1.54 bits per heavy atom. The van der Waals surface area contributed by atoms with Gasteiger partial charge in [-0.3, -0.25) is 0 Å². The van der Waals surface area contributed by atoms with E-state index in [1.165, 1.54) is 19.3 Å². The van der Waals surface area contributed by atoms with E-state index in [0.29, 0.717) is 18.5 Å². The molecule has 2 heteroatoms. The van der Waals surface area contributed by atoms with Crippen molar-refractivity contribution in [1.29, 1.82) is 5.26 Å². The lowest BCUT2D eigenvalue weighted by atomic mass is 10.1. The normalized spacial score (nSPS) is 20.7. The first kappa shape index (κ1) is 10.5. The summed E-state index contributed by atoms with van der Waals surface area (Å²) in [6, 6.07) is 3.22. The Kier molecular flexibility index (Phi) is 4.24. The molecule has 1 aliphatic rings. The lowest BCUT2D eigenvalue weighted by molar-refractivity contribution is 0.408. The molecule has 2 unspecified atom stereocenters. The number of hydrogen-bond acceptors (Lipinski definition) is 2. The molecule has 0 spiro atoms. The summed E-state index contributed by atoms with van der Waals surface area (Å²) >= 11 is 0. The molecule has 0 aromatic carbocycles. The molecule has 0 bridgehead atoms. The fourth-order valence-corrected chi connectivity index (χ4v) is 1.76. The zero-order valence-corrected chi connectivity index (χ0v) is 8.71. The standard InChI is InChI=1S/C11H20N2/c1-3-11(6-7-12)13-9(2)8-10-4-5-10/h9-11,13H,3-6,8H2,1-2H3. The van der Waals surface area contributed by atoms with Crippen molar-refractivity contribution < 1.29 is 0 Å². The van der Waals surface area contributed by atoms with Crippen molar-refractivity contribution in [3.05, 3.63) is 0 Å². The summed E-state index contributed by atoms with van der Waals surface area (Å²) < 4.78 is 0. The van der Waals surface area contributed by atoms with Gasteiger partial charge in [-0.25, -0.2) is 0 Å². The first-order chi connectivity index (χ1) is 6.26. The van der Waals surface area contributed by atoms with Gasteiger partial charge in [0.2, 0.25) is 0 Å². The Morgan fingerprint density at radius 3 is 2.69 bits per heavy atom. The first-order valence-corrected chi connectivity index (χ1v) is 5.39. The van der Waals surface area contributed by atoms with E-state index in [2.05, 4.69) is 25.2 Å². The Morgan fingerprint density at radius 2 is 2.23 bits per heavy atom. The summed E-state index contributed by atoms with van der Waals surface area (Å²) in [7, 11) is 0. The highest BCUT2D eigenvalue weighted by atomic mass is 14.9. The van der Waals surface area contributed by atoms with Crippen LogP contribution in [0.1, 0.15) is 46.0 Å². The van der Waals surface area contributed by atoms with Crippen molar-refractivity contribution in [2.45, 2.75) is 58.0 Å². The number of nitriles is 1. The average molecular weight is 180 g/mol. The molecule has 0 radical (unpaired) electrons. The third-order valence-electron chi connectivity index (χ3n) is 2.73. The van der Waals surface area contributed by atoms with Crippen LogP contribution in [0.25, 0.3) is 0 Å².